The van der Waals surface area contributed by atoms with Crippen molar-refractivity contribution in [2.24, 2.45) is 15.9 Å². The highest BCUT2D eigenvalue weighted by molar-refractivity contribution is 6.51. The van der Waals surface area contributed by atoms with Crippen LogP contribution in [-0.2, 0) is 4.79 Å². The molecule has 156 valence electrons. The SMILES string of the molecule is COc1cc(C=NN=C(C(=O)c2ccccc2)c2ccccc2)ccc1OCC(N)=O. The molecular formula is C24H21N3O4. The van der Waals surface area contributed by atoms with Gasteiger partial charge in [0.05, 0.1) is 13.3 Å². The lowest BCUT2D eigenvalue weighted by atomic mass is 10.0. The summed E-state index contributed by atoms with van der Waals surface area (Å²) in [5.41, 5.74) is 7.20. The second-order valence-corrected chi connectivity index (χ2v) is 6.42. The lowest BCUT2D eigenvalue weighted by molar-refractivity contribution is -0.119. The summed E-state index contributed by atoms with van der Waals surface area (Å²) in [4.78, 5) is 23.9. The summed E-state index contributed by atoms with van der Waals surface area (Å²) in [5, 5.41) is 8.32. The molecule has 0 spiro atoms. The highest BCUT2D eigenvalue weighted by Crippen LogP contribution is 2.27. The summed E-state index contributed by atoms with van der Waals surface area (Å²) < 4.78 is 10.6. The smallest absolute Gasteiger partial charge is 0.255 e. The fourth-order valence-electron chi connectivity index (χ4n) is 2.74. The average molecular weight is 415 g/mol. The molecular weight excluding hydrogens is 394 g/mol. The third kappa shape index (κ3) is 5.86. The van der Waals surface area contributed by atoms with Crippen molar-refractivity contribution >= 4 is 23.6 Å². The van der Waals surface area contributed by atoms with Gasteiger partial charge in [-0.25, -0.2) is 0 Å². The Kier molecular flexibility index (Phi) is 7.26. The molecule has 0 saturated carbocycles. The average Bonchev–Trinajstić information content (AvgIpc) is 2.81. The molecule has 3 aromatic carbocycles. The molecule has 0 bridgehead atoms. The molecule has 1 amide bonds. The molecule has 0 aromatic heterocycles. The molecule has 31 heavy (non-hydrogen) atoms. The summed E-state index contributed by atoms with van der Waals surface area (Å²) in [5.74, 6) is -0.0145. The topological polar surface area (TPSA) is 103 Å². The number of carbonyl (C=O) groups is 2. The summed E-state index contributed by atoms with van der Waals surface area (Å²) >= 11 is 0. The molecule has 0 radical (unpaired) electrons. The number of ketones is 1. The van der Waals surface area contributed by atoms with E-state index in [1.807, 2.05) is 36.4 Å². The van der Waals surface area contributed by atoms with Crippen LogP contribution in [0.2, 0.25) is 0 Å². The number of carbonyl (C=O) groups excluding carboxylic acids is 2. The molecule has 0 atom stereocenters. The predicted octanol–water partition coefficient (Wildman–Crippen LogP) is 3.27. The van der Waals surface area contributed by atoms with Crippen molar-refractivity contribution in [3.8, 4) is 11.5 Å². The van der Waals surface area contributed by atoms with E-state index in [9.17, 15) is 9.59 Å². The Morgan fingerprint density at radius 3 is 2.16 bits per heavy atom. The van der Waals surface area contributed by atoms with Gasteiger partial charge in [0, 0.05) is 11.1 Å². The first kappa shape index (κ1) is 21.4. The van der Waals surface area contributed by atoms with Gasteiger partial charge in [0.2, 0.25) is 5.78 Å². The van der Waals surface area contributed by atoms with Crippen LogP contribution in [0, 0.1) is 0 Å². The number of benzene rings is 3. The highest BCUT2D eigenvalue weighted by atomic mass is 16.5. The monoisotopic (exact) mass is 415 g/mol. The normalized spacial score (nSPS) is 11.3. The maximum atomic E-state index is 13.0. The molecule has 7 heteroatoms. The van der Waals surface area contributed by atoms with Crippen LogP contribution >= 0.6 is 0 Å². The molecule has 0 saturated heterocycles. The summed E-state index contributed by atoms with van der Waals surface area (Å²) in [7, 11) is 1.48. The minimum Gasteiger partial charge on any atom is -0.493 e. The van der Waals surface area contributed by atoms with E-state index < -0.39 is 5.91 Å². The first-order chi connectivity index (χ1) is 15.1. The van der Waals surface area contributed by atoms with E-state index in [4.69, 9.17) is 15.2 Å². The Morgan fingerprint density at radius 2 is 1.55 bits per heavy atom. The third-order valence-electron chi connectivity index (χ3n) is 4.22. The molecule has 3 aromatic rings. The second-order valence-electron chi connectivity index (χ2n) is 6.42. The van der Waals surface area contributed by atoms with Crippen molar-refractivity contribution in [3.63, 3.8) is 0 Å². The fraction of sp³-hybridized carbons (Fsp3) is 0.0833. The van der Waals surface area contributed by atoms with E-state index in [0.29, 0.717) is 28.2 Å². The number of primary amides is 1. The minimum atomic E-state index is -0.585. The van der Waals surface area contributed by atoms with Crippen LogP contribution in [0.1, 0.15) is 21.5 Å². The molecule has 0 fully saturated rings. The van der Waals surface area contributed by atoms with E-state index in [2.05, 4.69) is 10.2 Å². The van der Waals surface area contributed by atoms with Gasteiger partial charge in [0.15, 0.2) is 18.1 Å². The standard InChI is InChI=1S/C24H21N3O4/c1-30-21-14-17(12-13-20(21)31-16-22(25)28)15-26-27-23(18-8-4-2-5-9-18)24(29)19-10-6-3-7-11-19/h2-15H,16H2,1H3,(H2,25,28). The molecule has 0 heterocycles. The Hall–Kier alpha value is -4.26. The summed E-state index contributed by atoms with van der Waals surface area (Å²) in [6.07, 6.45) is 1.50. The molecule has 2 N–H and O–H groups in total. The van der Waals surface area contributed by atoms with Crippen LogP contribution in [0.3, 0.4) is 0 Å². The Labute approximate surface area is 179 Å². The van der Waals surface area contributed by atoms with Crippen LogP contribution in [0.15, 0.2) is 89.1 Å². The molecule has 0 aliphatic carbocycles. The van der Waals surface area contributed by atoms with Gasteiger partial charge in [-0.15, -0.1) is 5.10 Å². The number of nitrogens with zero attached hydrogens (tertiary/aromatic N) is 2. The van der Waals surface area contributed by atoms with Gasteiger partial charge in [-0.2, -0.15) is 5.10 Å². The number of nitrogens with two attached hydrogens (primary N) is 1. The second kappa shape index (κ2) is 10.5. The maximum absolute atomic E-state index is 13.0. The van der Waals surface area contributed by atoms with Crippen molar-refractivity contribution in [2.45, 2.75) is 0 Å². The number of methoxy groups -OCH3 is 1. The van der Waals surface area contributed by atoms with Crippen molar-refractivity contribution < 1.29 is 19.1 Å². The van der Waals surface area contributed by atoms with E-state index >= 15 is 0 Å². The van der Waals surface area contributed by atoms with Crippen molar-refractivity contribution in [1.29, 1.82) is 0 Å². The molecule has 3 rings (SSSR count). The molecule has 7 nitrogen and oxygen atoms in total. The highest BCUT2D eigenvalue weighted by Gasteiger charge is 2.16. The van der Waals surface area contributed by atoms with E-state index in [0.717, 1.165) is 0 Å². The molecule has 0 unspecified atom stereocenters. The first-order valence-electron chi connectivity index (χ1n) is 9.44. The Balaban J connectivity index is 1.88. The number of amides is 1. The van der Waals surface area contributed by atoms with Gasteiger partial charge in [-0.05, 0) is 23.8 Å². The van der Waals surface area contributed by atoms with Gasteiger partial charge in [0.1, 0.15) is 5.71 Å². The fourth-order valence-corrected chi connectivity index (χ4v) is 2.74. The van der Waals surface area contributed by atoms with Gasteiger partial charge in [0.25, 0.3) is 5.91 Å². The predicted molar refractivity (Wildman–Crippen MR) is 119 cm³/mol. The minimum absolute atomic E-state index is 0.225. The van der Waals surface area contributed by atoms with E-state index in [-0.39, 0.29) is 18.1 Å². The van der Waals surface area contributed by atoms with E-state index in [1.165, 1.54) is 13.3 Å². The molecule has 0 aliphatic heterocycles. The van der Waals surface area contributed by atoms with Crippen molar-refractivity contribution in [1.82, 2.24) is 0 Å². The van der Waals surface area contributed by atoms with Crippen LogP contribution in [0.25, 0.3) is 0 Å². The number of rotatable bonds is 9. The summed E-state index contributed by atoms with van der Waals surface area (Å²) in [6, 6.07) is 23.1. The van der Waals surface area contributed by atoms with E-state index in [1.54, 1.807) is 42.5 Å². The lowest BCUT2D eigenvalue weighted by Gasteiger charge is -2.09. The summed E-state index contributed by atoms with van der Waals surface area (Å²) in [6.45, 7) is -0.254. The van der Waals surface area contributed by atoms with Gasteiger partial charge in [-0.3, -0.25) is 9.59 Å². The van der Waals surface area contributed by atoms with Crippen LogP contribution in [-0.4, -0.2) is 37.3 Å². The first-order valence-corrected chi connectivity index (χ1v) is 9.44. The van der Waals surface area contributed by atoms with Crippen LogP contribution < -0.4 is 15.2 Å². The largest absolute Gasteiger partial charge is 0.493 e. The third-order valence-corrected chi connectivity index (χ3v) is 4.22. The van der Waals surface area contributed by atoms with Crippen LogP contribution in [0.4, 0.5) is 0 Å². The Morgan fingerprint density at radius 1 is 0.903 bits per heavy atom. The van der Waals surface area contributed by atoms with Gasteiger partial charge < -0.3 is 15.2 Å². The van der Waals surface area contributed by atoms with Crippen molar-refractivity contribution in [2.75, 3.05) is 13.7 Å². The molecule has 0 aliphatic rings. The van der Waals surface area contributed by atoms with Gasteiger partial charge in [-0.1, -0.05) is 60.7 Å². The zero-order valence-corrected chi connectivity index (χ0v) is 16.9. The van der Waals surface area contributed by atoms with Crippen molar-refractivity contribution in [3.05, 3.63) is 95.6 Å². The van der Waals surface area contributed by atoms with Crippen LogP contribution in [0.5, 0.6) is 11.5 Å². The zero-order chi connectivity index (χ0) is 22.1. The Bertz CT molecular complexity index is 1110. The number of hydrogen-bond donors (Lipinski definition) is 1. The number of Topliss-reactive ketones (excluding diaryl/α,β-unsaturated/α-hetero) is 1. The lowest BCUT2D eigenvalue weighted by Crippen LogP contribution is -2.20. The zero-order valence-electron chi connectivity index (χ0n) is 16.9. The quantitative estimate of drug-likeness (QED) is 0.329. The maximum Gasteiger partial charge on any atom is 0.255 e. The van der Waals surface area contributed by atoms with Gasteiger partial charge >= 0.3 is 0 Å². The number of hydrogen-bond acceptors (Lipinski definition) is 6. The number of ether oxygens (including phenoxy) is 2.